The maximum atomic E-state index is 14.1. The molecule has 0 radical (unpaired) electrons. The molecule has 15 heteroatoms. The molecule has 4 nitrogen and oxygen atoms in total. The van der Waals surface area contributed by atoms with Gasteiger partial charge in [0, 0.05) is 11.7 Å². The molecule has 0 N–H and O–H groups in total. The molecule has 0 saturated heterocycles. The fourth-order valence-electron chi connectivity index (χ4n) is 3.20. The summed E-state index contributed by atoms with van der Waals surface area (Å²) in [6, 6.07) is 0. The third-order valence-corrected chi connectivity index (χ3v) is 10.5. The van der Waals surface area contributed by atoms with Crippen LogP contribution in [-0.2, 0) is 18.5 Å². The lowest BCUT2D eigenvalue weighted by atomic mass is 10.0. The van der Waals surface area contributed by atoms with Gasteiger partial charge in [-0.3, -0.25) is 4.79 Å². The van der Waals surface area contributed by atoms with Crippen LogP contribution < -0.4 is 0 Å². The summed E-state index contributed by atoms with van der Waals surface area (Å²) in [5, 5.41) is -7.74. The van der Waals surface area contributed by atoms with E-state index in [4.69, 9.17) is 0 Å². The maximum absolute atomic E-state index is 14.1. The summed E-state index contributed by atoms with van der Waals surface area (Å²) >= 11 is 0. The molecule has 0 aromatic rings. The first-order valence-electron chi connectivity index (χ1n) is 9.19. The maximum Gasteiger partial charge on any atom is 0.460 e. The van der Waals surface area contributed by atoms with Crippen molar-refractivity contribution in [1.82, 2.24) is 0 Å². The van der Waals surface area contributed by atoms with Gasteiger partial charge < -0.3 is 0 Å². The molecule has 0 aromatic heterocycles. The van der Waals surface area contributed by atoms with Crippen molar-refractivity contribution in [3.8, 4) is 0 Å². The highest BCUT2D eigenvalue weighted by Gasteiger charge is 2.86. The summed E-state index contributed by atoms with van der Waals surface area (Å²) in [4.78, 5) is 12.1. The highest BCUT2D eigenvalue weighted by Crippen LogP contribution is 2.61. The highest BCUT2D eigenvalue weighted by molar-refractivity contribution is 8.33. The number of Topliss-reactive ketones (excluding diaryl/α,β-unsaturated/α-hetero) is 1. The molecule has 1 saturated carbocycles. The Morgan fingerprint density at radius 3 is 1.81 bits per heavy atom. The van der Waals surface area contributed by atoms with Gasteiger partial charge in [0.15, 0.2) is 0 Å². The van der Waals surface area contributed by atoms with Crippen LogP contribution >= 0.6 is 10.3 Å². The van der Waals surface area contributed by atoms with E-state index in [1.165, 1.54) is 0 Å². The molecule has 1 rings (SSSR count). The van der Waals surface area contributed by atoms with Gasteiger partial charge in [-0.05, 0) is 25.5 Å². The van der Waals surface area contributed by atoms with Gasteiger partial charge >= 0.3 is 33.4 Å². The third-order valence-electron chi connectivity index (χ3n) is 4.91. The quantitative estimate of drug-likeness (QED) is 0.345. The lowest BCUT2D eigenvalue weighted by Crippen LogP contribution is -2.63. The third kappa shape index (κ3) is 5.45. The fraction of sp³-hybridized carbons (Fsp3) is 0.938. The summed E-state index contributed by atoms with van der Waals surface area (Å²) in [7, 11) is -10.4. The van der Waals surface area contributed by atoms with Gasteiger partial charge in [0.25, 0.3) is 0 Å². The second-order valence-electron chi connectivity index (χ2n) is 7.45. The summed E-state index contributed by atoms with van der Waals surface area (Å²) < 4.78 is 147. The number of hydrogen-bond donors (Lipinski definition) is 0. The first kappa shape index (κ1) is 28.3. The Labute approximate surface area is 175 Å². The Balaban J connectivity index is 3.41. The number of hydrogen-bond acceptors (Lipinski definition) is 4. The lowest BCUT2D eigenvalue weighted by Gasteiger charge is -2.44. The van der Waals surface area contributed by atoms with Gasteiger partial charge in [-0.1, -0.05) is 26.2 Å². The van der Waals surface area contributed by atoms with Crippen LogP contribution in [0.5, 0.6) is 0 Å². The predicted octanol–water partition coefficient (Wildman–Crippen LogP) is 5.81. The lowest BCUT2D eigenvalue weighted by molar-refractivity contribution is -0.382. The van der Waals surface area contributed by atoms with Crippen LogP contribution in [0.1, 0.15) is 51.9 Å². The van der Waals surface area contributed by atoms with Crippen molar-refractivity contribution in [1.29, 1.82) is 0 Å². The first-order valence-corrected chi connectivity index (χ1v) is 12.8. The molecule has 1 aliphatic carbocycles. The zero-order valence-corrected chi connectivity index (χ0v) is 18.2. The van der Waals surface area contributed by atoms with E-state index in [-0.39, 0.29) is 25.7 Å². The second kappa shape index (κ2) is 9.27. The molecule has 0 heterocycles. The second-order valence-corrected chi connectivity index (χ2v) is 12.5. The van der Waals surface area contributed by atoms with Crippen molar-refractivity contribution >= 4 is 26.2 Å². The first-order chi connectivity index (χ1) is 13.8. The van der Waals surface area contributed by atoms with E-state index in [9.17, 15) is 52.7 Å². The van der Waals surface area contributed by atoms with Gasteiger partial charge in [-0.25, -0.2) is 3.63 Å². The van der Waals surface area contributed by atoms with Gasteiger partial charge in [-0.2, -0.15) is 47.9 Å². The fourth-order valence-corrected chi connectivity index (χ4v) is 8.60. The monoisotopic (exact) mass is 514 g/mol. The van der Waals surface area contributed by atoms with Crippen molar-refractivity contribution in [2.45, 2.75) is 80.4 Å². The number of ketones is 1. The van der Waals surface area contributed by atoms with Gasteiger partial charge in [0.05, 0.1) is 5.75 Å². The van der Waals surface area contributed by atoms with Crippen LogP contribution in [0.4, 0.5) is 39.5 Å². The molecule has 0 amide bonds. The van der Waals surface area contributed by atoms with Crippen molar-refractivity contribution in [3.05, 3.63) is 0 Å². The normalized spacial score (nSPS) is 20.9. The predicted molar refractivity (Wildman–Crippen MR) is 96.1 cm³/mol. The number of rotatable bonds is 10. The van der Waals surface area contributed by atoms with Crippen molar-refractivity contribution in [2.75, 3.05) is 12.0 Å². The number of alkyl halides is 9. The van der Waals surface area contributed by atoms with E-state index in [0.717, 1.165) is 6.26 Å². The average Bonchev–Trinajstić information content (AvgIpc) is 2.60. The van der Waals surface area contributed by atoms with E-state index in [0.29, 0.717) is 19.3 Å². The van der Waals surface area contributed by atoms with Crippen LogP contribution in [0.25, 0.3) is 0 Å². The van der Waals surface area contributed by atoms with Crippen LogP contribution in [-0.4, -0.2) is 54.7 Å². The molecule has 0 bridgehead atoms. The Kier molecular flexibility index (Phi) is 8.48. The smallest absolute Gasteiger partial charge is 0.299 e. The van der Waals surface area contributed by atoms with E-state index >= 15 is 0 Å². The number of carbonyl (C=O) groups is 1. The molecule has 0 aliphatic heterocycles. The van der Waals surface area contributed by atoms with E-state index < -0.39 is 60.5 Å². The van der Waals surface area contributed by atoms with Crippen molar-refractivity contribution in [3.63, 3.8) is 0 Å². The minimum atomic E-state index is -7.37. The van der Waals surface area contributed by atoms with E-state index in [2.05, 4.69) is 3.63 Å². The Bertz CT molecular complexity index is 747. The molecule has 1 atom stereocenters. The zero-order valence-electron chi connectivity index (χ0n) is 16.6. The summed E-state index contributed by atoms with van der Waals surface area (Å²) in [6.45, 7) is 1.58. The van der Waals surface area contributed by atoms with Crippen LogP contribution in [0.3, 0.4) is 0 Å². The Hall–Kier alpha value is -0.700. The molecule has 31 heavy (non-hydrogen) atoms. The molecule has 0 spiro atoms. The SMILES string of the molecule is CCCC(=O)CS(C)(OS(=O)(=O)C(F)(F)C(F)(F)C(F)(F)C(F)(F)F)C1CCCCC1. The summed E-state index contributed by atoms with van der Waals surface area (Å²) in [6.07, 6.45) is -3.98. The minimum absolute atomic E-state index is 0.114. The number of carbonyl (C=O) groups excluding carboxylic acids is 1. The zero-order chi connectivity index (χ0) is 24.5. The molecule has 186 valence electrons. The Morgan fingerprint density at radius 1 is 0.903 bits per heavy atom. The Morgan fingerprint density at radius 2 is 1.39 bits per heavy atom. The standard InChI is InChI=1S/C16H23F9O4S2/c1-3-7-11(26)10-30(2,12-8-5-4-6-9-12)29-31(27,28)16(24,25)14(19,20)13(17,18)15(21,22)23/h12H,3-10H2,1-2H3. The van der Waals surface area contributed by atoms with Crippen LogP contribution in [0.2, 0.25) is 0 Å². The molecule has 1 unspecified atom stereocenters. The summed E-state index contributed by atoms with van der Waals surface area (Å²) in [5.74, 6) is -16.1. The topological polar surface area (TPSA) is 60.4 Å². The van der Waals surface area contributed by atoms with E-state index in [1.54, 1.807) is 6.92 Å². The largest absolute Gasteiger partial charge is 0.460 e. The molecule has 1 fully saturated rings. The van der Waals surface area contributed by atoms with Crippen LogP contribution in [0.15, 0.2) is 0 Å². The molecular weight excluding hydrogens is 491 g/mol. The average molecular weight is 514 g/mol. The molecule has 1 aliphatic rings. The molecular formula is C16H23F9O4S2. The van der Waals surface area contributed by atoms with E-state index in [1.807, 2.05) is 0 Å². The van der Waals surface area contributed by atoms with Crippen molar-refractivity contribution in [2.24, 2.45) is 0 Å². The number of halogens is 9. The van der Waals surface area contributed by atoms with Crippen LogP contribution in [0, 0.1) is 0 Å². The van der Waals surface area contributed by atoms with Gasteiger partial charge in [0.1, 0.15) is 5.78 Å². The highest BCUT2D eigenvalue weighted by atomic mass is 32.3. The summed E-state index contributed by atoms with van der Waals surface area (Å²) in [5.41, 5.74) is 0. The minimum Gasteiger partial charge on any atom is -0.299 e. The van der Waals surface area contributed by atoms with Gasteiger partial charge in [0.2, 0.25) is 0 Å². The molecule has 0 aromatic carbocycles. The van der Waals surface area contributed by atoms with Gasteiger partial charge in [-0.15, -0.1) is 10.3 Å². The van der Waals surface area contributed by atoms with Crippen molar-refractivity contribution < 1.29 is 56.4 Å².